The molecule has 2 rings (SSSR count). The van der Waals surface area contributed by atoms with Gasteiger partial charge in [0.25, 0.3) is 0 Å². The largest absolute Gasteiger partial charge is 0.378 e. The second-order valence-corrected chi connectivity index (χ2v) is 5.57. The van der Waals surface area contributed by atoms with E-state index in [4.69, 9.17) is 0 Å². The fraction of sp³-hybridized carbons (Fsp3) is 0.500. The molecule has 1 aromatic carbocycles. The molecule has 0 aliphatic carbocycles. The molecule has 3 nitrogen and oxygen atoms in total. The first-order chi connectivity index (χ1) is 7.58. The van der Waals surface area contributed by atoms with Crippen LogP contribution in [0, 0.1) is 0 Å². The van der Waals surface area contributed by atoms with Crippen LogP contribution >= 0.6 is 11.8 Å². The molecule has 88 valence electrons. The maximum absolute atomic E-state index is 3.55. The lowest BCUT2D eigenvalue weighted by molar-refractivity contribution is 0.346. The van der Waals surface area contributed by atoms with Crippen LogP contribution in [0.5, 0.6) is 0 Å². The number of anilines is 2. The van der Waals surface area contributed by atoms with Gasteiger partial charge in [-0.1, -0.05) is 0 Å². The van der Waals surface area contributed by atoms with Crippen LogP contribution in [0.3, 0.4) is 0 Å². The number of hydrogen-bond donors (Lipinski definition) is 1. The van der Waals surface area contributed by atoms with Crippen LogP contribution in [0.25, 0.3) is 0 Å². The zero-order valence-electron chi connectivity index (χ0n) is 10.3. The summed E-state index contributed by atoms with van der Waals surface area (Å²) in [4.78, 5) is 5.71. The lowest BCUT2D eigenvalue weighted by Crippen LogP contribution is -2.39. The molecule has 0 bridgehead atoms. The van der Waals surface area contributed by atoms with Gasteiger partial charge in [0.2, 0.25) is 0 Å². The van der Waals surface area contributed by atoms with Gasteiger partial charge in [-0.25, -0.2) is 0 Å². The number of rotatable bonds is 2. The van der Waals surface area contributed by atoms with E-state index >= 15 is 0 Å². The number of hydrogen-bond acceptors (Lipinski definition) is 4. The van der Waals surface area contributed by atoms with E-state index in [-0.39, 0.29) is 0 Å². The highest BCUT2D eigenvalue weighted by Gasteiger charge is 2.19. The third-order valence-corrected chi connectivity index (χ3v) is 3.95. The molecule has 1 aliphatic heterocycles. The van der Waals surface area contributed by atoms with Crippen molar-refractivity contribution in [3.8, 4) is 0 Å². The van der Waals surface area contributed by atoms with Gasteiger partial charge < -0.3 is 10.2 Å². The molecule has 1 heterocycles. The molecular weight excluding hydrogens is 218 g/mol. The highest BCUT2D eigenvalue weighted by molar-refractivity contribution is 7.99. The number of thioether (sulfide) groups is 1. The summed E-state index contributed by atoms with van der Waals surface area (Å²) in [5.74, 6) is 1.09. The van der Waals surface area contributed by atoms with Gasteiger partial charge in [0.1, 0.15) is 0 Å². The summed E-state index contributed by atoms with van der Waals surface area (Å²) >= 11 is 1.93. The van der Waals surface area contributed by atoms with Crippen molar-refractivity contribution >= 4 is 23.1 Å². The van der Waals surface area contributed by atoms with E-state index in [0.717, 1.165) is 5.75 Å². The van der Waals surface area contributed by atoms with Gasteiger partial charge in [0.15, 0.2) is 0 Å². The zero-order chi connectivity index (χ0) is 11.7. The quantitative estimate of drug-likeness (QED) is 0.849. The van der Waals surface area contributed by atoms with E-state index < -0.39 is 0 Å². The van der Waals surface area contributed by atoms with Crippen LogP contribution in [0.1, 0.15) is 0 Å². The summed E-state index contributed by atoms with van der Waals surface area (Å²) in [6.45, 7) is 0. The third kappa shape index (κ3) is 2.28. The molecule has 0 radical (unpaired) electrons. The molecule has 0 spiro atoms. The fourth-order valence-corrected chi connectivity index (χ4v) is 2.90. The molecule has 16 heavy (non-hydrogen) atoms. The molecule has 0 saturated carbocycles. The van der Waals surface area contributed by atoms with Crippen molar-refractivity contribution in [2.75, 3.05) is 44.2 Å². The van der Waals surface area contributed by atoms with E-state index in [0.29, 0.717) is 6.17 Å². The Labute approximate surface area is 102 Å². The van der Waals surface area contributed by atoms with Crippen molar-refractivity contribution in [1.82, 2.24) is 4.90 Å². The normalized spacial score (nSPS) is 19.2. The van der Waals surface area contributed by atoms with Crippen molar-refractivity contribution in [3.05, 3.63) is 18.2 Å². The second kappa shape index (κ2) is 4.55. The van der Waals surface area contributed by atoms with Crippen LogP contribution < -0.4 is 10.2 Å². The fourth-order valence-electron chi connectivity index (χ4n) is 1.70. The van der Waals surface area contributed by atoms with Crippen LogP contribution in [0.15, 0.2) is 23.1 Å². The molecule has 0 fully saturated rings. The molecule has 1 N–H and O–H groups in total. The third-order valence-electron chi connectivity index (χ3n) is 2.82. The molecule has 1 unspecified atom stereocenters. The van der Waals surface area contributed by atoms with E-state index in [1.165, 1.54) is 16.3 Å². The minimum Gasteiger partial charge on any atom is -0.378 e. The molecule has 1 aliphatic rings. The maximum atomic E-state index is 3.55. The summed E-state index contributed by atoms with van der Waals surface area (Å²) < 4.78 is 0. The number of fused-ring (bicyclic) bond motifs is 1. The van der Waals surface area contributed by atoms with Crippen LogP contribution in [0.4, 0.5) is 11.4 Å². The van der Waals surface area contributed by atoms with Crippen molar-refractivity contribution in [3.63, 3.8) is 0 Å². The summed E-state index contributed by atoms with van der Waals surface area (Å²) in [6, 6.07) is 6.58. The summed E-state index contributed by atoms with van der Waals surface area (Å²) in [7, 11) is 8.37. The highest BCUT2D eigenvalue weighted by Crippen LogP contribution is 2.35. The number of nitrogens with one attached hydrogen (secondary N) is 1. The Hall–Kier alpha value is -0.870. The minimum atomic E-state index is 0.433. The molecule has 0 aromatic heterocycles. The van der Waals surface area contributed by atoms with Gasteiger partial charge in [0.05, 0.1) is 6.17 Å². The Morgan fingerprint density at radius 1 is 1.25 bits per heavy atom. The van der Waals surface area contributed by atoms with Gasteiger partial charge in [-0.05, 0) is 32.3 Å². The molecule has 4 heteroatoms. The van der Waals surface area contributed by atoms with Crippen molar-refractivity contribution in [2.24, 2.45) is 0 Å². The first-order valence-electron chi connectivity index (χ1n) is 5.45. The Balaban J connectivity index is 2.22. The van der Waals surface area contributed by atoms with Crippen LogP contribution in [-0.2, 0) is 0 Å². The Kier molecular flexibility index (Phi) is 3.30. The van der Waals surface area contributed by atoms with Crippen molar-refractivity contribution in [1.29, 1.82) is 0 Å². The summed E-state index contributed by atoms with van der Waals surface area (Å²) in [5, 5.41) is 3.55. The van der Waals surface area contributed by atoms with Gasteiger partial charge in [0, 0.05) is 36.1 Å². The van der Waals surface area contributed by atoms with Gasteiger partial charge in [-0.3, -0.25) is 4.90 Å². The van der Waals surface area contributed by atoms with Crippen LogP contribution in [-0.4, -0.2) is 45.0 Å². The SMILES string of the molecule is CN(C)c1ccc2c(c1)SCC(N(C)C)N2. The second-order valence-electron chi connectivity index (χ2n) is 4.51. The Morgan fingerprint density at radius 3 is 2.62 bits per heavy atom. The standard InChI is InChI=1S/C12H19N3S/c1-14(2)9-5-6-10-11(7-9)16-8-12(13-10)15(3)4/h5-7,12-13H,8H2,1-4H3. The van der Waals surface area contributed by atoms with Gasteiger partial charge in [-0.2, -0.15) is 0 Å². The molecule has 1 aromatic rings. The van der Waals surface area contributed by atoms with E-state index in [1.54, 1.807) is 0 Å². The summed E-state index contributed by atoms with van der Waals surface area (Å²) in [5.41, 5.74) is 2.51. The predicted octanol–water partition coefficient (Wildman–Crippen LogP) is 2.16. The first kappa shape index (κ1) is 11.6. The Morgan fingerprint density at radius 2 is 2.00 bits per heavy atom. The molecular formula is C12H19N3S. The Bertz CT molecular complexity index is 377. The van der Waals surface area contributed by atoms with Crippen LogP contribution in [0.2, 0.25) is 0 Å². The van der Waals surface area contributed by atoms with Crippen molar-refractivity contribution < 1.29 is 0 Å². The van der Waals surface area contributed by atoms with E-state index in [1.807, 2.05) is 11.8 Å². The molecule has 0 amide bonds. The predicted molar refractivity (Wildman–Crippen MR) is 72.6 cm³/mol. The monoisotopic (exact) mass is 237 g/mol. The lowest BCUT2D eigenvalue weighted by Gasteiger charge is -2.31. The van der Waals surface area contributed by atoms with E-state index in [9.17, 15) is 0 Å². The first-order valence-corrected chi connectivity index (χ1v) is 6.43. The number of nitrogens with zero attached hydrogens (tertiary/aromatic N) is 2. The average Bonchev–Trinajstić information content (AvgIpc) is 2.27. The maximum Gasteiger partial charge on any atom is 0.0884 e. The lowest BCUT2D eigenvalue weighted by atomic mass is 10.2. The smallest absolute Gasteiger partial charge is 0.0884 e. The molecule has 1 atom stereocenters. The molecule has 0 saturated heterocycles. The van der Waals surface area contributed by atoms with Gasteiger partial charge in [-0.15, -0.1) is 11.8 Å². The average molecular weight is 237 g/mol. The van der Waals surface area contributed by atoms with Crippen molar-refractivity contribution in [2.45, 2.75) is 11.1 Å². The summed E-state index contributed by atoms with van der Waals surface area (Å²) in [6.07, 6.45) is 0.433. The zero-order valence-corrected chi connectivity index (χ0v) is 11.1. The van der Waals surface area contributed by atoms with E-state index in [2.05, 4.69) is 61.5 Å². The van der Waals surface area contributed by atoms with Gasteiger partial charge >= 0.3 is 0 Å². The minimum absolute atomic E-state index is 0.433. The highest BCUT2D eigenvalue weighted by atomic mass is 32.2. The topological polar surface area (TPSA) is 18.5 Å². The number of benzene rings is 1.